The number of carbonyl (C=O) groups excluding carboxylic acids is 3. The number of ether oxygens (including phenoxy) is 2. The molecule has 5 atom stereocenters. The molecule has 1 saturated heterocycles. The highest BCUT2D eigenvalue weighted by atomic mass is 16.6. The minimum atomic E-state index is -1.74. The predicted octanol–water partition coefficient (Wildman–Crippen LogP) is 11.3. The van der Waals surface area contributed by atoms with Gasteiger partial charge in [-0.3, -0.25) is 9.59 Å². The number of benzene rings is 1. The number of carbonyl (C=O) groups is 3. The first kappa shape index (κ1) is 56.6. The van der Waals surface area contributed by atoms with Crippen molar-refractivity contribution in [3.63, 3.8) is 0 Å². The number of unbranched alkanes of at least 4 members (excludes halogenated alkanes) is 29. The van der Waals surface area contributed by atoms with Crippen molar-refractivity contribution in [2.24, 2.45) is 5.73 Å². The third-order valence-corrected chi connectivity index (χ3v) is 12.9. The van der Waals surface area contributed by atoms with Gasteiger partial charge < -0.3 is 35.4 Å². The topological polar surface area (TPSA) is 163 Å². The van der Waals surface area contributed by atoms with Gasteiger partial charge in [-0.2, -0.15) is 0 Å². The van der Waals surface area contributed by atoms with E-state index < -0.39 is 55.7 Å². The van der Waals surface area contributed by atoms with Gasteiger partial charge >= 0.3 is 6.09 Å². The number of rotatable bonds is 39. The number of hydrogen-bond acceptors (Lipinski definition) is 9. The standard InChI is InChI=1S/C52H93N3O8/c1-3-5-7-9-11-13-15-17-19-21-23-25-27-29-31-36-40-54(46(57)39-35-30-28-26-24-22-20-18-16-14-12-10-8-6-4-2)51-48(50(60)49(59)45(42-56)63-51)55(47(58)41-53)52(61)62-43-44-37-33-32-34-38-44/h32-34,37-38,45,48-51,56,59-60H,3-31,35-36,39-43,53H2,1-2H3/t45-,48-,49+,50-,51-/m1/s1. The summed E-state index contributed by atoms with van der Waals surface area (Å²) in [5, 5.41) is 32.9. The molecule has 1 aromatic carbocycles. The Morgan fingerprint density at radius 1 is 0.587 bits per heavy atom. The van der Waals surface area contributed by atoms with Crippen LogP contribution in [0.5, 0.6) is 0 Å². The highest BCUT2D eigenvalue weighted by molar-refractivity contribution is 5.93. The molecule has 2 rings (SSSR count). The lowest BCUT2D eigenvalue weighted by Gasteiger charge is -2.49. The molecule has 1 heterocycles. The summed E-state index contributed by atoms with van der Waals surface area (Å²) in [5.41, 5.74) is 6.50. The molecule has 5 N–H and O–H groups in total. The molecule has 0 bridgehead atoms. The summed E-state index contributed by atoms with van der Waals surface area (Å²) in [4.78, 5) is 43.6. The number of aliphatic hydroxyl groups excluding tert-OH is 3. The number of imide groups is 1. The zero-order chi connectivity index (χ0) is 45.8. The average molecular weight is 888 g/mol. The van der Waals surface area contributed by atoms with Crippen molar-refractivity contribution in [2.75, 3.05) is 19.7 Å². The van der Waals surface area contributed by atoms with E-state index in [9.17, 15) is 29.7 Å². The Bertz CT molecular complexity index is 1270. The van der Waals surface area contributed by atoms with E-state index in [1.54, 1.807) is 24.3 Å². The third kappa shape index (κ3) is 24.5. The molecule has 0 unspecified atom stereocenters. The van der Waals surface area contributed by atoms with Crippen LogP contribution in [0.15, 0.2) is 30.3 Å². The van der Waals surface area contributed by atoms with Gasteiger partial charge in [0.2, 0.25) is 11.8 Å². The fraction of sp³-hybridized carbons (Fsp3) is 0.827. The fourth-order valence-corrected chi connectivity index (χ4v) is 8.91. The molecular formula is C52H93N3O8. The molecule has 11 nitrogen and oxygen atoms in total. The number of aliphatic hydroxyl groups is 3. The molecule has 1 aliphatic rings. The Kier molecular flexibility index (Phi) is 33.8. The highest BCUT2D eigenvalue weighted by Crippen LogP contribution is 2.30. The monoisotopic (exact) mass is 888 g/mol. The lowest BCUT2D eigenvalue weighted by molar-refractivity contribution is -0.244. The van der Waals surface area contributed by atoms with Gasteiger partial charge in [0.25, 0.3) is 0 Å². The first-order valence-corrected chi connectivity index (χ1v) is 25.9. The van der Waals surface area contributed by atoms with Crippen LogP contribution in [-0.4, -0.2) is 93.3 Å². The van der Waals surface area contributed by atoms with Crippen molar-refractivity contribution in [1.82, 2.24) is 9.80 Å². The summed E-state index contributed by atoms with van der Waals surface area (Å²) in [5.74, 6) is -1.07. The summed E-state index contributed by atoms with van der Waals surface area (Å²) in [6.45, 7) is 3.42. The summed E-state index contributed by atoms with van der Waals surface area (Å²) in [7, 11) is 0. The molecule has 1 aromatic rings. The molecule has 11 heteroatoms. The maximum atomic E-state index is 14.2. The Morgan fingerprint density at radius 2 is 1.00 bits per heavy atom. The van der Waals surface area contributed by atoms with E-state index in [0.717, 1.165) is 38.5 Å². The van der Waals surface area contributed by atoms with Gasteiger partial charge in [0.05, 0.1) is 13.2 Å². The summed E-state index contributed by atoms with van der Waals surface area (Å²) < 4.78 is 11.8. The molecule has 364 valence electrons. The van der Waals surface area contributed by atoms with E-state index in [4.69, 9.17) is 15.2 Å². The van der Waals surface area contributed by atoms with E-state index in [1.807, 2.05) is 6.07 Å². The zero-order valence-corrected chi connectivity index (χ0v) is 40.1. The first-order chi connectivity index (χ1) is 30.8. The lowest BCUT2D eigenvalue weighted by atomic mass is 9.93. The van der Waals surface area contributed by atoms with Gasteiger partial charge in [0.1, 0.15) is 31.0 Å². The Morgan fingerprint density at radius 3 is 1.41 bits per heavy atom. The molecule has 63 heavy (non-hydrogen) atoms. The van der Waals surface area contributed by atoms with Crippen LogP contribution < -0.4 is 5.73 Å². The Hall–Kier alpha value is -2.57. The second-order valence-electron chi connectivity index (χ2n) is 18.3. The summed E-state index contributed by atoms with van der Waals surface area (Å²) in [6.07, 6.45) is 30.8. The first-order valence-electron chi connectivity index (χ1n) is 25.9. The smallest absolute Gasteiger partial charge is 0.417 e. The SMILES string of the molecule is CCCCCCCCCCCCCCCCCCN(C(=O)CCCCCCCCCCCCCCCCC)[C@@H]1O[C@H](CO)[C@H](O)[C@H](O)[C@H]1N(C(=O)CN)C(=O)OCc1ccccc1. The number of nitrogens with two attached hydrogens (primary N) is 1. The molecule has 0 radical (unpaired) electrons. The minimum absolute atomic E-state index is 0.148. The average Bonchev–Trinajstić information content (AvgIpc) is 3.30. The van der Waals surface area contributed by atoms with Gasteiger partial charge in [0, 0.05) is 13.0 Å². The number of hydrogen-bond donors (Lipinski definition) is 4. The highest BCUT2D eigenvalue weighted by Gasteiger charge is 2.53. The van der Waals surface area contributed by atoms with E-state index in [2.05, 4.69) is 13.8 Å². The summed E-state index contributed by atoms with van der Waals surface area (Å²) >= 11 is 0. The molecule has 0 spiro atoms. The second-order valence-corrected chi connectivity index (χ2v) is 18.3. The van der Waals surface area contributed by atoms with Gasteiger partial charge in [0.15, 0.2) is 6.23 Å². The van der Waals surface area contributed by atoms with Crippen LogP contribution in [0.1, 0.15) is 225 Å². The van der Waals surface area contributed by atoms with Crippen molar-refractivity contribution in [3.05, 3.63) is 35.9 Å². The Labute approximate surface area is 383 Å². The normalized spacial score (nSPS) is 18.7. The molecule has 1 fully saturated rings. The van der Waals surface area contributed by atoms with Crippen LogP contribution in [0.2, 0.25) is 0 Å². The van der Waals surface area contributed by atoms with Crippen LogP contribution in [0.4, 0.5) is 4.79 Å². The van der Waals surface area contributed by atoms with Crippen molar-refractivity contribution in [2.45, 2.75) is 257 Å². The Balaban J connectivity index is 2.01. The molecule has 1 aliphatic heterocycles. The third-order valence-electron chi connectivity index (χ3n) is 12.9. The van der Waals surface area contributed by atoms with Gasteiger partial charge in [-0.05, 0) is 18.4 Å². The van der Waals surface area contributed by atoms with Crippen molar-refractivity contribution in [1.29, 1.82) is 0 Å². The molecule has 0 saturated carbocycles. The van der Waals surface area contributed by atoms with Crippen LogP contribution in [0.3, 0.4) is 0 Å². The van der Waals surface area contributed by atoms with Crippen LogP contribution in [-0.2, 0) is 25.7 Å². The predicted molar refractivity (Wildman–Crippen MR) is 255 cm³/mol. The van der Waals surface area contributed by atoms with E-state index >= 15 is 0 Å². The van der Waals surface area contributed by atoms with Crippen LogP contribution >= 0.6 is 0 Å². The fourth-order valence-electron chi connectivity index (χ4n) is 8.91. The summed E-state index contributed by atoms with van der Waals surface area (Å²) in [6, 6.07) is 7.46. The molecule has 3 amide bonds. The van der Waals surface area contributed by atoms with Crippen molar-refractivity contribution >= 4 is 17.9 Å². The van der Waals surface area contributed by atoms with E-state index in [1.165, 1.54) is 153 Å². The van der Waals surface area contributed by atoms with Gasteiger partial charge in [-0.25, -0.2) is 9.69 Å². The van der Waals surface area contributed by atoms with Crippen molar-refractivity contribution in [3.8, 4) is 0 Å². The van der Waals surface area contributed by atoms with Crippen LogP contribution in [0.25, 0.3) is 0 Å². The quantitative estimate of drug-likeness (QED) is 0.0471. The van der Waals surface area contributed by atoms with E-state index in [0.29, 0.717) is 23.3 Å². The lowest BCUT2D eigenvalue weighted by Crippen LogP contribution is -2.70. The van der Waals surface area contributed by atoms with Crippen molar-refractivity contribution < 1.29 is 39.2 Å². The molecule has 0 aliphatic carbocycles. The number of amides is 3. The number of nitrogens with zero attached hydrogens (tertiary/aromatic N) is 2. The molecule has 0 aromatic heterocycles. The van der Waals surface area contributed by atoms with Gasteiger partial charge in [-0.1, -0.05) is 230 Å². The maximum Gasteiger partial charge on any atom is 0.417 e. The second kappa shape index (κ2) is 37.6. The molecular weight excluding hydrogens is 795 g/mol. The van der Waals surface area contributed by atoms with Crippen LogP contribution in [0, 0.1) is 0 Å². The van der Waals surface area contributed by atoms with E-state index in [-0.39, 0.29) is 25.5 Å². The maximum absolute atomic E-state index is 14.2. The van der Waals surface area contributed by atoms with Gasteiger partial charge in [-0.15, -0.1) is 0 Å². The minimum Gasteiger partial charge on any atom is -0.444 e. The zero-order valence-electron chi connectivity index (χ0n) is 40.1. The largest absolute Gasteiger partial charge is 0.444 e.